The van der Waals surface area contributed by atoms with Crippen molar-refractivity contribution in [2.24, 2.45) is 11.8 Å². The Hall–Kier alpha value is -2.85. The molecule has 0 aromatic heterocycles. The third-order valence-electron chi connectivity index (χ3n) is 9.72. The fourth-order valence-corrected chi connectivity index (χ4v) is 14.9. The number of allylic oxidation sites excluding steroid dienone is 8. The maximum absolute atomic E-state index is 16.5. The molecule has 4 rings (SSSR count). The van der Waals surface area contributed by atoms with Crippen molar-refractivity contribution in [1.29, 1.82) is 0 Å². The Bertz CT molecular complexity index is 1450. The monoisotopic (exact) mass is 732 g/mol. The average Bonchev–Trinajstić information content (AvgIpc) is 3.85. The zero-order chi connectivity index (χ0) is 35.9. The van der Waals surface area contributed by atoms with E-state index in [-0.39, 0.29) is 45.6 Å². The van der Waals surface area contributed by atoms with E-state index in [4.69, 9.17) is 9.47 Å². The van der Waals surface area contributed by atoms with Crippen LogP contribution in [0.4, 0.5) is 35.1 Å². The molecule has 0 bridgehead atoms. The first-order valence-corrected chi connectivity index (χ1v) is 20.3. The van der Waals surface area contributed by atoms with Crippen molar-refractivity contribution >= 4 is 7.74 Å². The van der Waals surface area contributed by atoms with E-state index in [0.29, 0.717) is 25.7 Å². The second-order valence-electron chi connectivity index (χ2n) is 12.8. The molecule has 0 saturated carbocycles. The van der Waals surface area contributed by atoms with Gasteiger partial charge in [0.1, 0.15) is 0 Å². The molecule has 268 valence electrons. The fourth-order valence-electron chi connectivity index (χ4n) is 6.76. The van der Waals surface area contributed by atoms with E-state index >= 15 is 35.1 Å². The van der Waals surface area contributed by atoms with Gasteiger partial charge in [0.2, 0.25) is 0 Å². The third-order valence-corrected chi connectivity index (χ3v) is 17.6. The molecule has 0 spiro atoms. The van der Waals surface area contributed by atoms with Crippen LogP contribution in [-0.4, -0.2) is 13.2 Å². The van der Waals surface area contributed by atoms with Gasteiger partial charge in [-0.15, -0.1) is 0 Å². The molecule has 0 N–H and O–H groups in total. The van der Waals surface area contributed by atoms with Crippen molar-refractivity contribution < 1.29 is 61.2 Å². The Morgan fingerprint density at radius 1 is 0.551 bits per heavy atom. The van der Waals surface area contributed by atoms with Crippen LogP contribution in [0.2, 0.25) is 0 Å². The number of hydrogen-bond donors (Lipinski definition) is 0. The van der Waals surface area contributed by atoms with Gasteiger partial charge in [0.15, 0.2) is 0 Å². The molecule has 49 heavy (non-hydrogen) atoms. The fraction of sp³-hybridized carbons (Fsp3) is 0.474. The Morgan fingerprint density at radius 3 is 1.16 bits per heavy atom. The van der Waals surface area contributed by atoms with Crippen molar-refractivity contribution in [3.05, 3.63) is 90.7 Å². The normalized spacial score (nSPS) is 15.5. The molecular formula is C38H44F8O2Ti. The van der Waals surface area contributed by atoms with Crippen LogP contribution >= 0.6 is 0 Å². The van der Waals surface area contributed by atoms with Gasteiger partial charge in [0.05, 0.1) is 0 Å². The molecule has 0 heterocycles. The van der Waals surface area contributed by atoms with Crippen molar-refractivity contribution in [2.75, 3.05) is 13.2 Å². The summed E-state index contributed by atoms with van der Waals surface area (Å²) in [5.74, 6) is -18.1. The number of rotatable bonds is 18. The molecule has 2 aromatic carbocycles. The Labute approximate surface area is 287 Å². The van der Waals surface area contributed by atoms with Crippen molar-refractivity contribution in [3.63, 3.8) is 0 Å². The van der Waals surface area contributed by atoms with Crippen molar-refractivity contribution in [3.8, 4) is 11.5 Å². The van der Waals surface area contributed by atoms with Gasteiger partial charge in [-0.05, 0) is 0 Å². The van der Waals surface area contributed by atoms with Gasteiger partial charge < -0.3 is 0 Å². The van der Waals surface area contributed by atoms with Gasteiger partial charge in [-0.2, -0.15) is 0 Å². The second-order valence-corrected chi connectivity index (χ2v) is 18.7. The predicted octanol–water partition coefficient (Wildman–Crippen LogP) is 10.8. The summed E-state index contributed by atoms with van der Waals surface area (Å²) < 4.78 is 138. The number of hydrogen-bond acceptors (Lipinski definition) is 2. The molecule has 2 aliphatic carbocycles. The molecule has 2 aromatic rings. The van der Waals surface area contributed by atoms with Gasteiger partial charge in [0, 0.05) is 0 Å². The van der Waals surface area contributed by atoms with Gasteiger partial charge in [-0.1, -0.05) is 0 Å². The molecule has 0 amide bonds. The summed E-state index contributed by atoms with van der Waals surface area (Å²) in [6, 6.07) is 0. The predicted molar refractivity (Wildman–Crippen MR) is 173 cm³/mol. The van der Waals surface area contributed by atoms with Crippen LogP contribution in [0.5, 0.6) is 11.5 Å². The second kappa shape index (κ2) is 17.4. The molecule has 11 heteroatoms. The van der Waals surface area contributed by atoms with Gasteiger partial charge >= 0.3 is 288 Å². The van der Waals surface area contributed by atoms with Gasteiger partial charge in [-0.25, -0.2) is 0 Å². The summed E-state index contributed by atoms with van der Waals surface area (Å²) in [5, 5.41) is 0. The van der Waals surface area contributed by atoms with Crippen LogP contribution in [0.25, 0.3) is 0 Å². The van der Waals surface area contributed by atoms with Crippen LogP contribution in [-0.2, 0) is 16.6 Å². The Kier molecular flexibility index (Phi) is 13.8. The van der Waals surface area contributed by atoms with Crippen molar-refractivity contribution in [2.45, 2.75) is 91.9 Å². The number of benzene rings is 2. The number of unbranched alkanes of at least 4 members (excludes halogenated alkanes) is 2. The zero-order valence-electron chi connectivity index (χ0n) is 28.4. The molecule has 2 atom stereocenters. The molecule has 0 aliphatic heterocycles. The summed E-state index contributed by atoms with van der Waals surface area (Å²) in [5.41, 5.74) is 0. The molecule has 0 fully saturated rings. The standard InChI is InChI=1S/2C14H17F4O.2C5H5.Ti/c2*1-3-5-6-9(4-2)8-19-14-12(17)10(15)7-11(16)13(14)18;2*1-2-4-5-3-1;/h2*9H,3-6,8H2,1-2H3;2*1-3H,4H2;. The van der Waals surface area contributed by atoms with E-state index in [9.17, 15) is 0 Å². The van der Waals surface area contributed by atoms with E-state index in [1.165, 1.54) is 36.5 Å². The first-order valence-electron chi connectivity index (χ1n) is 17.2. The van der Waals surface area contributed by atoms with Crippen LogP contribution in [0, 0.1) is 58.4 Å². The minimum absolute atomic E-state index is 0.0294. The first-order chi connectivity index (χ1) is 23.5. The van der Waals surface area contributed by atoms with E-state index in [1.807, 2.05) is 27.7 Å². The Balaban J connectivity index is 1.97. The molecule has 0 radical (unpaired) electrons. The first kappa shape index (κ1) is 38.9. The number of halogens is 8. The van der Waals surface area contributed by atoms with E-state index in [0.717, 1.165) is 25.7 Å². The SMILES string of the molecule is CCCCC(CC)COc1c(F)c(F)[c]([Ti]([C]2=CC=CC2)([C]2=CC=CC2)[c]2c(F)c(F)c(OCC(CC)CCCC)c(F)c2F)c(F)c1F. The van der Waals surface area contributed by atoms with E-state index < -0.39 is 82.4 Å². The van der Waals surface area contributed by atoms with Gasteiger partial charge in [-0.3, -0.25) is 0 Å². The van der Waals surface area contributed by atoms with Crippen LogP contribution in [0.3, 0.4) is 0 Å². The van der Waals surface area contributed by atoms with Crippen LogP contribution < -0.4 is 17.2 Å². The molecular weight excluding hydrogens is 688 g/mol. The molecule has 2 unspecified atom stereocenters. The quantitative estimate of drug-likeness (QED) is 0.0863. The van der Waals surface area contributed by atoms with Crippen molar-refractivity contribution in [1.82, 2.24) is 0 Å². The summed E-state index contributed by atoms with van der Waals surface area (Å²) in [4.78, 5) is 0. The number of ether oxygens (including phenoxy) is 2. The minimum atomic E-state index is -5.95. The summed E-state index contributed by atoms with van der Waals surface area (Å²) >= 11 is -5.95. The van der Waals surface area contributed by atoms with E-state index in [2.05, 4.69) is 0 Å². The summed E-state index contributed by atoms with van der Waals surface area (Å²) in [7, 11) is 0. The maximum atomic E-state index is 16.5. The molecule has 2 nitrogen and oxygen atoms in total. The molecule has 2 aliphatic rings. The molecule has 0 saturated heterocycles. The summed E-state index contributed by atoms with van der Waals surface area (Å²) in [6.07, 6.45) is 14.2. The third kappa shape index (κ3) is 7.60. The average molecular weight is 733 g/mol. The Morgan fingerprint density at radius 2 is 0.898 bits per heavy atom. The summed E-state index contributed by atoms with van der Waals surface area (Å²) in [6.45, 7) is 7.19. The van der Waals surface area contributed by atoms with E-state index in [1.54, 1.807) is 0 Å². The topological polar surface area (TPSA) is 18.5 Å². The van der Waals surface area contributed by atoms with Crippen LogP contribution in [0.1, 0.15) is 91.9 Å². The zero-order valence-corrected chi connectivity index (χ0v) is 30.0. The van der Waals surface area contributed by atoms with Gasteiger partial charge in [0.25, 0.3) is 0 Å². The van der Waals surface area contributed by atoms with Crippen LogP contribution in [0.15, 0.2) is 44.2 Å².